The molecule has 68 valence electrons. The number of aryl methyl sites for hydroxylation is 1. The second-order valence-electron chi connectivity index (χ2n) is 2.32. The number of nitrogens with zero attached hydrogens (tertiary/aromatic N) is 1. The van der Waals surface area contributed by atoms with Gasteiger partial charge in [0.25, 0.3) is 5.69 Å². The number of nitrogen functional groups attached to an aromatic ring is 1. The number of nitrogens with two attached hydrogens (primary N) is 1. The minimum absolute atomic E-state index is 0.0231. The molecule has 0 aliphatic carbocycles. The molecule has 0 aliphatic rings. The maximum absolute atomic E-state index is 10.3. The summed E-state index contributed by atoms with van der Waals surface area (Å²) in [6.07, 6.45) is 8.00. The largest absolute Gasteiger partial charge is 0.393 e. The van der Waals surface area contributed by atoms with E-state index in [2.05, 4.69) is 12.8 Å². The first-order valence-electron chi connectivity index (χ1n) is 3.45. The van der Waals surface area contributed by atoms with Crippen LogP contribution in [0.25, 0.3) is 0 Å². The number of anilines is 1. The van der Waals surface area contributed by atoms with Gasteiger partial charge in [0, 0.05) is 6.07 Å². The summed E-state index contributed by atoms with van der Waals surface area (Å²) >= 11 is 0. The van der Waals surface area contributed by atoms with Crippen molar-refractivity contribution in [3.05, 3.63) is 33.9 Å². The molecule has 4 nitrogen and oxygen atoms in total. The van der Waals surface area contributed by atoms with Crippen LogP contribution in [0, 0.1) is 29.9 Å². The molecule has 0 aliphatic heterocycles. The summed E-state index contributed by atoms with van der Waals surface area (Å²) in [5, 5.41) is 10.3. The smallest absolute Gasteiger partial charge is 0.292 e. The van der Waals surface area contributed by atoms with Crippen LogP contribution in [0.3, 0.4) is 0 Å². The highest BCUT2D eigenvalue weighted by atomic mass is 16.6. The van der Waals surface area contributed by atoms with Crippen molar-refractivity contribution in [2.75, 3.05) is 5.73 Å². The molecule has 1 aromatic carbocycles. The first-order chi connectivity index (χ1) is 6.11. The quantitative estimate of drug-likeness (QED) is 0.308. The van der Waals surface area contributed by atoms with E-state index in [1.54, 1.807) is 13.0 Å². The van der Waals surface area contributed by atoms with Gasteiger partial charge in [-0.3, -0.25) is 10.1 Å². The van der Waals surface area contributed by atoms with E-state index in [0.29, 0.717) is 0 Å². The van der Waals surface area contributed by atoms with Gasteiger partial charge in [-0.1, -0.05) is 6.07 Å². The zero-order chi connectivity index (χ0) is 10.4. The molecule has 0 unspecified atom stereocenters. The van der Waals surface area contributed by atoms with Crippen molar-refractivity contribution in [1.29, 1.82) is 0 Å². The molecule has 1 aromatic rings. The average Bonchev–Trinajstić information content (AvgIpc) is 2.12. The van der Waals surface area contributed by atoms with E-state index in [1.807, 2.05) is 0 Å². The van der Waals surface area contributed by atoms with Crippen LogP contribution in [0.2, 0.25) is 0 Å². The predicted octanol–water partition coefficient (Wildman–Crippen LogP) is 1.73. The van der Waals surface area contributed by atoms with Crippen molar-refractivity contribution in [1.82, 2.24) is 0 Å². The van der Waals surface area contributed by atoms with Gasteiger partial charge in [-0.15, -0.1) is 12.8 Å². The fourth-order valence-corrected chi connectivity index (χ4v) is 0.812. The lowest BCUT2D eigenvalue weighted by Gasteiger charge is -1.96. The third-order valence-electron chi connectivity index (χ3n) is 1.38. The van der Waals surface area contributed by atoms with Crippen LogP contribution in [0.1, 0.15) is 5.56 Å². The van der Waals surface area contributed by atoms with Crippen molar-refractivity contribution < 1.29 is 4.92 Å². The van der Waals surface area contributed by atoms with Crippen LogP contribution < -0.4 is 5.73 Å². The third-order valence-corrected chi connectivity index (χ3v) is 1.38. The number of hydrogen-bond acceptors (Lipinski definition) is 3. The second kappa shape index (κ2) is 4.78. The Labute approximate surface area is 76.5 Å². The highest BCUT2D eigenvalue weighted by Crippen LogP contribution is 2.21. The first kappa shape index (κ1) is 11.0. The van der Waals surface area contributed by atoms with E-state index >= 15 is 0 Å². The molecular weight excluding hydrogens is 168 g/mol. The van der Waals surface area contributed by atoms with Crippen LogP contribution in [-0.2, 0) is 0 Å². The van der Waals surface area contributed by atoms with Crippen molar-refractivity contribution in [3.63, 3.8) is 0 Å². The number of benzene rings is 1. The molecule has 0 radical (unpaired) electrons. The van der Waals surface area contributed by atoms with Gasteiger partial charge in [0.05, 0.1) is 4.92 Å². The SMILES string of the molecule is C#C.Cc1ccc(N)c([N+](=O)[O-])c1. The molecule has 0 atom stereocenters. The highest BCUT2D eigenvalue weighted by molar-refractivity contribution is 5.58. The number of nitro benzene ring substituents is 1. The zero-order valence-electron chi connectivity index (χ0n) is 7.23. The fourth-order valence-electron chi connectivity index (χ4n) is 0.812. The van der Waals surface area contributed by atoms with Gasteiger partial charge in [0.15, 0.2) is 0 Å². The number of terminal acetylenes is 1. The molecule has 4 heteroatoms. The molecule has 0 aromatic heterocycles. The van der Waals surface area contributed by atoms with Gasteiger partial charge < -0.3 is 5.73 Å². The minimum atomic E-state index is -0.484. The Morgan fingerprint density at radius 3 is 2.38 bits per heavy atom. The summed E-state index contributed by atoms with van der Waals surface area (Å²) in [7, 11) is 0. The number of rotatable bonds is 1. The van der Waals surface area contributed by atoms with Crippen LogP contribution in [-0.4, -0.2) is 4.92 Å². The molecule has 0 fully saturated rings. The molecule has 0 amide bonds. The van der Waals surface area contributed by atoms with Gasteiger partial charge in [-0.2, -0.15) is 0 Å². The summed E-state index contributed by atoms with van der Waals surface area (Å²) < 4.78 is 0. The van der Waals surface area contributed by atoms with Crippen molar-refractivity contribution in [2.45, 2.75) is 6.92 Å². The Morgan fingerprint density at radius 2 is 2.00 bits per heavy atom. The lowest BCUT2D eigenvalue weighted by molar-refractivity contribution is -0.383. The van der Waals surface area contributed by atoms with Gasteiger partial charge in [-0.25, -0.2) is 0 Å². The number of hydrogen-bond donors (Lipinski definition) is 1. The van der Waals surface area contributed by atoms with Crippen LogP contribution >= 0.6 is 0 Å². The van der Waals surface area contributed by atoms with Gasteiger partial charge in [-0.05, 0) is 18.6 Å². The fraction of sp³-hybridized carbons (Fsp3) is 0.111. The predicted molar refractivity (Wildman–Crippen MR) is 52.1 cm³/mol. The lowest BCUT2D eigenvalue weighted by Crippen LogP contribution is -1.95. The van der Waals surface area contributed by atoms with Crippen LogP contribution in [0.4, 0.5) is 11.4 Å². The molecular formula is C9H10N2O2. The third kappa shape index (κ3) is 2.83. The summed E-state index contributed by atoms with van der Waals surface area (Å²) in [6.45, 7) is 1.78. The number of nitro groups is 1. The summed E-state index contributed by atoms with van der Waals surface area (Å²) in [5.41, 5.74) is 6.37. The first-order valence-corrected chi connectivity index (χ1v) is 3.45. The van der Waals surface area contributed by atoms with E-state index in [1.165, 1.54) is 12.1 Å². The maximum atomic E-state index is 10.3. The molecule has 0 heterocycles. The van der Waals surface area contributed by atoms with Crippen molar-refractivity contribution >= 4 is 11.4 Å². The van der Waals surface area contributed by atoms with E-state index in [4.69, 9.17) is 5.73 Å². The molecule has 0 bridgehead atoms. The highest BCUT2D eigenvalue weighted by Gasteiger charge is 2.09. The molecule has 13 heavy (non-hydrogen) atoms. The molecule has 0 spiro atoms. The van der Waals surface area contributed by atoms with E-state index in [0.717, 1.165) is 5.56 Å². The van der Waals surface area contributed by atoms with Crippen molar-refractivity contribution in [3.8, 4) is 12.8 Å². The van der Waals surface area contributed by atoms with Gasteiger partial charge >= 0.3 is 0 Å². The second-order valence-corrected chi connectivity index (χ2v) is 2.32. The van der Waals surface area contributed by atoms with Crippen LogP contribution in [0.5, 0.6) is 0 Å². The summed E-state index contributed by atoms with van der Waals surface area (Å²) in [5.74, 6) is 0. The molecule has 2 N–H and O–H groups in total. The van der Waals surface area contributed by atoms with E-state index in [9.17, 15) is 10.1 Å². The van der Waals surface area contributed by atoms with Gasteiger partial charge in [0.1, 0.15) is 5.69 Å². The summed E-state index contributed by atoms with van der Waals surface area (Å²) in [4.78, 5) is 9.82. The maximum Gasteiger partial charge on any atom is 0.292 e. The van der Waals surface area contributed by atoms with E-state index in [-0.39, 0.29) is 11.4 Å². The Hall–Kier alpha value is -2.02. The monoisotopic (exact) mass is 178 g/mol. The Morgan fingerprint density at radius 1 is 1.46 bits per heavy atom. The summed E-state index contributed by atoms with van der Waals surface area (Å²) in [6, 6.07) is 4.73. The topological polar surface area (TPSA) is 69.2 Å². The zero-order valence-corrected chi connectivity index (χ0v) is 7.23. The Bertz CT molecular complexity index is 332. The van der Waals surface area contributed by atoms with Gasteiger partial charge in [0.2, 0.25) is 0 Å². The molecule has 1 rings (SSSR count). The lowest BCUT2D eigenvalue weighted by atomic mass is 10.2. The Balaban J connectivity index is 0.000000671. The van der Waals surface area contributed by atoms with Crippen molar-refractivity contribution in [2.24, 2.45) is 0 Å². The molecule has 0 saturated carbocycles. The van der Waals surface area contributed by atoms with Crippen LogP contribution in [0.15, 0.2) is 18.2 Å². The standard InChI is InChI=1S/C7H8N2O2.C2H2/c1-5-2-3-6(8)7(4-5)9(10)11;1-2/h2-4H,8H2,1H3;1-2H. The Kier molecular flexibility index (Phi) is 4.03. The molecule has 0 saturated heterocycles. The average molecular weight is 178 g/mol. The minimum Gasteiger partial charge on any atom is -0.393 e. The van der Waals surface area contributed by atoms with E-state index < -0.39 is 4.92 Å². The normalized spacial score (nSPS) is 8.23.